The Morgan fingerprint density at radius 2 is 2.50 bits per heavy atom. The summed E-state index contributed by atoms with van der Waals surface area (Å²) in [5.74, 6) is 0.490. The van der Waals surface area contributed by atoms with E-state index >= 15 is 0 Å². The van der Waals surface area contributed by atoms with E-state index in [0.29, 0.717) is 10.8 Å². The molecule has 1 aromatic heterocycles. The summed E-state index contributed by atoms with van der Waals surface area (Å²) in [5.41, 5.74) is 2.57. The van der Waals surface area contributed by atoms with Gasteiger partial charge in [-0.2, -0.15) is 0 Å². The summed E-state index contributed by atoms with van der Waals surface area (Å²) in [5, 5.41) is 8.83. The fraction of sp³-hybridized carbons (Fsp3) is 0.143. The Morgan fingerprint density at radius 3 is 3.17 bits per heavy atom. The molecule has 0 fully saturated rings. The lowest BCUT2D eigenvalue weighted by molar-refractivity contribution is 0.240. The fourth-order valence-electron chi connectivity index (χ4n) is 0.722. The molecular formula is C7H8ClN3O. The first kappa shape index (κ1) is 8.96. The number of pyridine rings is 1. The first-order valence-corrected chi connectivity index (χ1v) is 3.66. The molecule has 4 nitrogen and oxygen atoms in total. The van der Waals surface area contributed by atoms with E-state index in [1.807, 2.05) is 0 Å². The fourth-order valence-corrected chi connectivity index (χ4v) is 0.863. The standard InChI is InChI=1S/C7H8ClN3O/c1-5-6(8)2-3-9-7(5)10-4-11-12/h2-4,12H,1H3,(H,9,10,11). The summed E-state index contributed by atoms with van der Waals surface area (Å²) in [6, 6.07) is 1.68. The lowest BCUT2D eigenvalue weighted by atomic mass is 10.3. The van der Waals surface area contributed by atoms with Crippen molar-refractivity contribution in [1.82, 2.24) is 10.5 Å². The van der Waals surface area contributed by atoms with E-state index in [1.54, 1.807) is 24.7 Å². The molecular weight excluding hydrogens is 178 g/mol. The van der Waals surface area contributed by atoms with Gasteiger partial charge in [-0.3, -0.25) is 10.7 Å². The zero-order chi connectivity index (χ0) is 8.97. The van der Waals surface area contributed by atoms with Crippen molar-refractivity contribution in [2.75, 3.05) is 0 Å². The van der Waals surface area contributed by atoms with E-state index in [9.17, 15) is 0 Å². The predicted octanol–water partition coefficient (Wildman–Crippen LogP) is 1.68. The highest BCUT2D eigenvalue weighted by atomic mass is 35.5. The third kappa shape index (κ3) is 1.93. The van der Waals surface area contributed by atoms with Gasteiger partial charge >= 0.3 is 0 Å². The molecule has 0 radical (unpaired) electrons. The summed E-state index contributed by atoms with van der Waals surface area (Å²) in [7, 11) is 0. The summed E-state index contributed by atoms with van der Waals surface area (Å²) >= 11 is 5.80. The number of aromatic nitrogens is 1. The molecule has 0 unspecified atom stereocenters. The van der Waals surface area contributed by atoms with Crippen LogP contribution >= 0.6 is 11.6 Å². The summed E-state index contributed by atoms with van der Waals surface area (Å²) in [4.78, 5) is 7.75. The van der Waals surface area contributed by atoms with Gasteiger partial charge in [0, 0.05) is 16.8 Å². The second kappa shape index (κ2) is 4.04. The minimum atomic E-state index is 0.490. The summed E-state index contributed by atoms with van der Waals surface area (Å²) in [6.07, 6.45) is 2.69. The Labute approximate surface area is 74.9 Å². The van der Waals surface area contributed by atoms with Gasteiger partial charge in [0.2, 0.25) is 0 Å². The molecule has 0 spiro atoms. The molecule has 1 aromatic rings. The average molecular weight is 186 g/mol. The Morgan fingerprint density at radius 1 is 1.75 bits per heavy atom. The molecule has 5 heteroatoms. The van der Waals surface area contributed by atoms with E-state index in [2.05, 4.69) is 9.98 Å². The van der Waals surface area contributed by atoms with Crippen molar-refractivity contribution in [3.8, 4) is 0 Å². The van der Waals surface area contributed by atoms with Crippen molar-refractivity contribution in [1.29, 1.82) is 0 Å². The maximum absolute atomic E-state index is 8.23. The Bertz CT molecular complexity index is 301. The molecule has 12 heavy (non-hydrogen) atoms. The van der Waals surface area contributed by atoms with Gasteiger partial charge in [-0.1, -0.05) is 11.6 Å². The molecule has 0 aliphatic rings. The van der Waals surface area contributed by atoms with Gasteiger partial charge in [-0.25, -0.2) is 9.98 Å². The smallest absolute Gasteiger partial charge is 0.157 e. The van der Waals surface area contributed by atoms with E-state index in [1.165, 1.54) is 0 Å². The molecule has 0 amide bonds. The van der Waals surface area contributed by atoms with Crippen LogP contribution in [0.5, 0.6) is 0 Å². The number of rotatable bonds is 2. The highest BCUT2D eigenvalue weighted by molar-refractivity contribution is 6.31. The monoisotopic (exact) mass is 185 g/mol. The van der Waals surface area contributed by atoms with Gasteiger partial charge in [-0.05, 0) is 13.0 Å². The van der Waals surface area contributed by atoms with Crippen LogP contribution in [0.3, 0.4) is 0 Å². The van der Waals surface area contributed by atoms with E-state index in [-0.39, 0.29) is 0 Å². The second-order valence-corrected chi connectivity index (χ2v) is 2.54. The van der Waals surface area contributed by atoms with Crippen molar-refractivity contribution in [2.45, 2.75) is 6.92 Å². The minimum absolute atomic E-state index is 0.490. The van der Waals surface area contributed by atoms with Crippen LogP contribution in [0.1, 0.15) is 5.56 Å². The maximum atomic E-state index is 8.23. The van der Waals surface area contributed by atoms with Gasteiger partial charge < -0.3 is 0 Å². The zero-order valence-corrected chi connectivity index (χ0v) is 7.21. The van der Waals surface area contributed by atoms with Crippen LogP contribution in [0.25, 0.3) is 0 Å². The lowest BCUT2D eigenvalue weighted by Gasteiger charge is -1.99. The Hall–Kier alpha value is -1.13. The average Bonchev–Trinajstić information content (AvgIpc) is 2.08. The highest BCUT2D eigenvalue weighted by Crippen LogP contribution is 2.21. The third-order valence-corrected chi connectivity index (χ3v) is 1.77. The number of halogens is 1. The number of hydrogen-bond acceptors (Lipinski definition) is 3. The van der Waals surface area contributed by atoms with Crippen molar-refractivity contribution in [2.24, 2.45) is 4.99 Å². The van der Waals surface area contributed by atoms with Crippen LogP contribution < -0.4 is 5.48 Å². The van der Waals surface area contributed by atoms with Crippen LogP contribution in [0.2, 0.25) is 5.02 Å². The number of nitrogens with zero attached hydrogens (tertiary/aromatic N) is 2. The topological polar surface area (TPSA) is 57.5 Å². The molecule has 0 aromatic carbocycles. The van der Waals surface area contributed by atoms with Crippen molar-refractivity contribution >= 4 is 23.8 Å². The Kier molecular flexibility index (Phi) is 3.01. The summed E-state index contributed by atoms with van der Waals surface area (Å²) in [6.45, 7) is 1.80. The first-order valence-electron chi connectivity index (χ1n) is 3.29. The molecule has 1 rings (SSSR count). The molecule has 1 heterocycles. The minimum Gasteiger partial charge on any atom is -0.290 e. The number of aliphatic imine (C=N–C) groups is 1. The maximum Gasteiger partial charge on any atom is 0.157 e. The highest BCUT2D eigenvalue weighted by Gasteiger charge is 1.99. The summed E-state index contributed by atoms with van der Waals surface area (Å²) < 4.78 is 0. The molecule has 0 bridgehead atoms. The normalized spacial score (nSPS) is 10.6. The molecule has 2 N–H and O–H groups in total. The van der Waals surface area contributed by atoms with Gasteiger partial charge in [0.15, 0.2) is 5.82 Å². The van der Waals surface area contributed by atoms with Crippen LogP contribution in [0.15, 0.2) is 17.3 Å². The van der Waals surface area contributed by atoms with Gasteiger partial charge in [0.25, 0.3) is 0 Å². The number of hydroxylamine groups is 1. The zero-order valence-electron chi connectivity index (χ0n) is 6.45. The van der Waals surface area contributed by atoms with Crippen LogP contribution in [0, 0.1) is 6.92 Å². The van der Waals surface area contributed by atoms with Crippen LogP contribution in [0.4, 0.5) is 5.82 Å². The molecule has 64 valence electrons. The molecule has 0 saturated carbocycles. The van der Waals surface area contributed by atoms with E-state index in [4.69, 9.17) is 16.8 Å². The van der Waals surface area contributed by atoms with Crippen LogP contribution in [-0.4, -0.2) is 16.5 Å². The van der Waals surface area contributed by atoms with Crippen molar-refractivity contribution in [3.63, 3.8) is 0 Å². The SMILES string of the molecule is Cc1c(Cl)ccnc1N=CNO. The van der Waals surface area contributed by atoms with Gasteiger partial charge in [-0.15, -0.1) is 0 Å². The quantitative estimate of drug-likeness (QED) is 0.419. The van der Waals surface area contributed by atoms with Crippen molar-refractivity contribution in [3.05, 3.63) is 22.8 Å². The Balaban J connectivity index is 3.00. The second-order valence-electron chi connectivity index (χ2n) is 2.13. The number of hydrogen-bond donors (Lipinski definition) is 2. The molecule has 0 aliphatic heterocycles. The molecule has 0 saturated heterocycles. The first-order chi connectivity index (χ1) is 5.75. The molecule has 0 aliphatic carbocycles. The van der Waals surface area contributed by atoms with E-state index < -0.39 is 0 Å². The van der Waals surface area contributed by atoms with Crippen molar-refractivity contribution < 1.29 is 5.21 Å². The third-order valence-electron chi connectivity index (χ3n) is 1.36. The van der Waals surface area contributed by atoms with Gasteiger partial charge in [0.1, 0.15) is 6.34 Å². The van der Waals surface area contributed by atoms with Crippen LogP contribution in [-0.2, 0) is 0 Å². The van der Waals surface area contributed by atoms with E-state index in [0.717, 1.165) is 11.9 Å². The lowest BCUT2D eigenvalue weighted by Crippen LogP contribution is -2.01. The predicted molar refractivity (Wildman–Crippen MR) is 47.1 cm³/mol. The largest absolute Gasteiger partial charge is 0.290 e. The molecule has 0 atom stereocenters. The number of nitrogens with one attached hydrogen (secondary N) is 1. The van der Waals surface area contributed by atoms with Gasteiger partial charge in [0.05, 0.1) is 0 Å².